The molecule has 15 heavy (non-hydrogen) atoms. The second kappa shape index (κ2) is 8.98. The molecule has 1 amide bonds. The smallest absolute Gasteiger partial charge is 0.222 e. The van der Waals surface area contributed by atoms with Gasteiger partial charge in [0.1, 0.15) is 0 Å². The van der Waals surface area contributed by atoms with Crippen LogP contribution in [0.15, 0.2) is 0 Å². The lowest BCUT2D eigenvalue weighted by atomic mass is 10.1. The van der Waals surface area contributed by atoms with Gasteiger partial charge >= 0.3 is 0 Å². The minimum absolute atomic E-state index is 0. The molecule has 3 nitrogen and oxygen atoms in total. The number of hydrogen-bond donors (Lipinski definition) is 1. The fraction of sp³-hybridized carbons (Fsp3) is 0.909. The largest absolute Gasteiger partial charge is 0.345 e. The Morgan fingerprint density at radius 2 is 1.93 bits per heavy atom. The van der Waals surface area contributed by atoms with Gasteiger partial charge in [0.25, 0.3) is 0 Å². The van der Waals surface area contributed by atoms with E-state index in [2.05, 4.69) is 13.8 Å². The van der Waals surface area contributed by atoms with Crippen molar-refractivity contribution < 1.29 is 4.79 Å². The summed E-state index contributed by atoms with van der Waals surface area (Å²) in [6.07, 6.45) is 2.47. The molecule has 0 rings (SSSR count). The zero-order chi connectivity index (χ0) is 11.1. The normalized spacial score (nSPS) is 13.9. The summed E-state index contributed by atoms with van der Waals surface area (Å²) in [7, 11) is 1.87. The Hall–Kier alpha value is -0.280. The third kappa shape index (κ3) is 8.70. The molecule has 2 atom stereocenters. The van der Waals surface area contributed by atoms with Gasteiger partial charge in [-0.15, -0.1) is 12.4 Å². The van der Waals surface area contributed by atoms with Crippen LogP contribution in [0.25, 0.3) is 0 Å². The second-order valence-corrected chi connectivity index (χ2v) is 4.30. The monoisotopic (exact) mass is 236 g/mol. The summed E-state index contributed by atoms with van der Waals surface area (Å²) < 4.78 is 0. The van der Waals surface area contributed by atoms with Crippen molar-refractivity contribution in [3.05, 3.63) is 0 Å². The zero-order valence-corrected chi connectivity index (χ0v) is 11.1. The van der Waals surface area contributed by atoms with E-state index < -0.39 is 0 Å². The molecule has 0 saturated heterocycles. The summed E-state index contributed by atoms with van der Waals surface area (Å²) in [5, 5.41) is 0. The SMILES string of the molecule is CCC(C)CN(C)C(=O)CCC(C)N.Cl. The van der Waals surface area contributed by atoms with E-state index in [9.17, 15) is 4.79 Å². The fourth-order valence-electron chi connectivity index (χ4n) is 1.24. The molecule has 2 unspecified atom stereocenters. The van der Waals surface area contributed by atoms with Gasteiger partial charge in [-0.1, -0.05) is 20.3 Å². The Kier molecular flexibility index (Phi) is 10.3. The van der Waals surface area contributed by atoms with Crippen LogP contribution in [0.3, 0.4) is 0 Å². The first-order valence-corrected chi connectivity index (χ1v) is 5.46. The van der Waals surface area contributed by atoms with Crippen molar-refractivity contribution in [2.24, 2.45) is 11.7 Å². The number of hydrogen-bond acceptors (Lipinski definition) is 2. The Labute approximate surface area is 99.8 Å². The summed E-state index contributed by atoms with van der Waals surface area (Å²) in [4.78, 5) is 13.4. The van der Waals surface area contributed by atoms with E-state index >= 15 is 0 Å². The maximum Gasteiger partial charge on any atom is 0.222 e. The molecule has 0 bridgehead atoms. The van der Waals surface area contributed by atoms with E-state index in [0.717, 1.165) is 19.4 Å². The average Bonchev–Trinajstić information content (AvgIpc) is 2.13. The Bertz CT molecular complexity index is 174. The van der Waals surface area contributed by atoms with Gasteiger partial charge in [-0.25, -0.2) is 0 Å². The van der Waals surface area contributed by atoms with Crippen LogP contribution in [0.5, 0.6) is 0 Å². The van der Waals surface area contributed by atoms with Gasteiger partial charge < -0.3 is 10.6 Å². The summed E-state index contributed by atoms with van der Waals surface area (Å²) >= 11 is 0. The Morgan fingerprint density at radius 3 is 2.33 bits per heavy atom. The number of amides is 1. The molecule has 0 aromatic carbocycles. The fourth-order valence-corrected chi connectivity index (χ4v) is 1.24. The first-order chi connectivity index (χ1) is 6.47. The lowest BCUT2D eigenvalue weighted by molar-refractivity contribution is -0.130. The van der Waals surface area contributed by atoms with Gasteiger partial charge in [-0.05, 0) is 19.3 Å². The molecule has 0 saturated carbocycles. The number of halogens is 1. The van der Waals surface area contributed by atoms with E-state index in [1.165, 1.54) is 0 Å². The molecule has 0 aliphatic rings. The summed E-state index contributed by atoms with van der Waals surface area (Å²) in [6, 6.07) is 0.121. The third-order valence-electron chi connectivity index (χ3n) is 2.52. The molecular formula is C11H25ClN2O. The van der Waals surface area contributed by atoms with Crippen molar-refractivity contribution >= 4 is 18.3 Å². The van der Waals surface area contributed by atoms with Crippen molar-refractivity contribution in [3.63, 3.8) is 0 Å². The number of carbonyl (C=O) groups is 1. The minimum Gasteiger partial charge on any atom is -0.345 e. The van der Waals surface area contributed by atoms with E-state index in [1.807, 2.05) is 18.9 Å². The highest BCUT2D eigenvalue weighted by atomic mass is 35.5. The van der Waals surface area contributed by atoms with Crippen molar-refractivity contribution in [2.75, 3.05) is 13.6 Å². The first-order valence-electron chi connectivity index (χ1n) is 5.46. The minimum atomic E-state index is 0. The van der Waals surface area contributed by atoms with Crippen LogP contribution in [-0.4, -0.2) is 30.4 Å². The van der Waals surface area contributed by atoms with Crippen LogP contribution in [-0.2, 0) is 4.79 Å². The number of rotatable bonds is 6. The highest BCUT2D eigenvalue weighted by molar-refractivity contribution is 5.85. The van der Waals surface area contributed by atoms with Crippen LogP contribution in [0.4, 0.5) is 0 Å². The molecule has 0 aromatic rings. The zero-order valence-electron chi connectivity index (χ0n) is 10.3. The highest BCUT2D eigenvalue weighted by Gasteiger charge is 2.11. The molecule has 92 valence electrons. The van der Waals surface area contributed by atoms with Gasteiger partial charge in [-0.3, -0.25) is 4.79 Å². The topological polar surface area (TPSA) is 46.3 Å². The van der Waals surface area contributed by atoms with Crippen LogP contribution in [0.1, 0.15) is 40.0 Å². The van der Waals surface area contributed by atoms with Gasteiger partial charge in [-0.2, -0.15) is 0 Å². The van der Waals surface area contributed by atoms with Crippen molar-refractivity contribution in [3.8, 4) is 0 Å². The van der Waals surface area contributed by atoms with Crippen molar-refractivity contribution in [1.29, 1.82) is 0 Å². The molecule has 2 N–H and O–H groups in total. The summed E-state index contributed by atoms with van der Waals surface area (Å²) in [5.41, 5.74) is 5.60. The number of carbonyl (C=O) groups excluding carboxylic acids is 1. The third-order valence-corrected chi connectivity index (χ3v) is 2.52. The van der Waals surface area contributed by atoms with Crippen LogP contribution < -0.4 is 5.73 Å². The molecule has 0 aliphatic carbocycles. The first kappa shape index (κ1) is 17.1. The quantitative estimate of drug-likeness (QED) is 0.767. The van der Waals surface area contributed by atoms with Gasteiger partial charge in [0.2, 0.25) is 5.91 Å². The molecule has 0 aromatic heterocycles. The number of nitrogens with two attached hydrogens (primary N) is 1. The molecule has 0 radical (unpaired) electrons. The Morgan fingerprint density at radius 1 is 1.40 bits per heavy atom. The van der Waals surface area contributed by atoms with E-state index in [1.54, 1.807) is 0 Å². The molecule has 0 spiro atoms. The highest BCUT2D eigenvalue weighted by Crippen LogP contribution is 2.05. The molecule has 0 fully saturated rings. The van der Waals surface area contributed by atoms with E-state index in [4.69, 9.17) is 5.73 Å². The molecule has 4 heteroatoms. The van der Waals surface area contributed by atoms with E-state index in [-0.39, 0.29) is 24.4 Å². The average molecular weight is 237 g/mol. The van der Waals surface area contributed by atoms with Crippen molar-refractivity contribution in [1.82, 2.24) is 4.90 Å². The van der Waals surface area contributed by atoms with Crippen LogP contribution in [0.2, 0.25) is 0 Å². The van der Waals surface area contributed by atoms with Gasteiger partial charge in [0, 0.05) is 26.1 Å². The van der Waals surface area contributed by atoms with E-state index in [0.29, 0.717) is 12.3 Å². The lowest BCUT2D eigenvalue weighted by Gasteiger charge is -2.21. The molecule has 0 aliphatic heterocycles. The molecule has 0 heterocycles. The van der Waals surface area contributed by atoms with Gasteiger partial charge in [0.05, 0.1) is 0 Å². The second-order valence-electron chi connectivity index (χ2n) is 4.30. The van der Waals surface area contributed by atoms with Crippen LogP contribution >= 0.6 is 12.4 Å². The van der Waals surface area contributed by atoms with Crippen LogP contribution in [0, 0.1) is 5.92 Å². The number of nitrogens with zero attached hydrogens (tertiary/aromatic N) is 1. The molecular weight excluding hydrogens is 212 g/mol. The Balaban J connectivity index is 0. The predicted octanol–water partition coefficient (Wildman–Crippen LogP) is 2.04. The standard InChI is InChI=1S/C11H24N2O.ClH/c1-5-9(2)8-13(4)11(14)7-6-10(3)12;/h9-10H,5-8,12H2,1-4H3;1H. The maximum atomic E-state index is 11.6. The maximum absolute atomic E-state index is 11.6. The van der Waals surface area contributed by atoms with Crippen molar-refractivity contribution in [2.45, 2.75) is 46.1 Å². The summed E-state index contributed by atoms with van der Waals surface area (Å²) in [5.74, 6) is 0.793. The van der Waals surface area contributed by atoms with Gasteiger partial charge in [0.15, 0.2) is 0 Å². The summed E-state index contributed by atoms with van der Waals surface area (Å²) in [6.45, 7) is 7.09. The predicted molar refractivity (Wildman–Crippen MR) is 67.2 cm³/mol. The lowest BCUT2D eigenvalue weighted by Crippen LogP contribution is -2.31.